The summed E-state index contributed by atoms with van der Waals surface area (Å²) in [6.07, 6.45) is 31.6. The molecule has 14 aromatic rings. The van der Waals surface area contributed by atoms with Crippen LogP contribution in [0.4, 0.5) is 0 Å². The largest absolute Gasteiger partial charge is 0.256 e. The molecule has 0 atom stereocenters. The summed E-state index contributed by atoms with van der Waals surface area (Å²) >= 11 is 0. The van der Waals surface area contributed by atoms with Crippen molar-refractivity contribution >= 4 is 86.8 Å². The van der Waals surface area contributed by atoms with E-state index in [-0.39, 0.29) is 0 Å². The molecule has 4 heterocycles. The van der Waals surface area contributed by atoms with Gasteiger partial charge in [0.05, 0.1) is 27.6 Å². The van der Waals surface area contributed by atoms with E-state index >= 15 is 0 Å². The zero-order valence-electron chi connectivity index (χ0n) is 61.0. The van der Waals surface area contributed by atoms with Crippen LogP contribution in [0, 0.1) is 6.92 Å². The lowest BCUT2D eigenvalue weighted by atomic mass is 9.88. The number of unbranched alkanes of at least 4 members (excludes halogenated alkanes) is 1. The van der Waals surface area contributed by atoms with Gasteiger partial charge in [-0.2, -0.15) is 0 Å². The van der Waals surface area contributed by atoms with Gasteiger partial charge in [-0.25, -0.2) is 9.97 Å². The van der Waals surface area contributed by atoms with Crippen molar-refractivity contribution in [1.29, 1.82) is 0 Å². The predicted molar refractivity (Wildman–Crippen MR) is 426 cm³/mol. The summed E-state index contributed by atoms with van der Waals surface area (Å²) in [5.74, 6) is 0. The number of benzene rings is 10. The van der Waals surface area contributed by atoms with Crippen LogP contribution in [0.1, 0.15) is 188 Å². The number of hydrogen-bond donors (Lipinski definition) is 0. The second kappa shape index (κ2) is 37.5. The molecule has 0 amide bonds. The molecule has 504 valence electrons. The first-order valence-corrected chi connectivity index (χ1v) is 37.1. The minimum absolute atomic E-state index is 1.01. The Kier molecular flexibility index (Phi) is 27.9. The molecule has 0 bridgehead atoms. The van der Waals surface area contributed by atoms with E-state index in [4.69, 9.17) is 0 Å². The van der Waals surface area contributed by atoms with Crippen molar-refractivity contribution in [3.05, 3.63) is 274 Å². The number of rotatable bonds is 18. The predicted octanol–water partition coefficient (Wildman–Crippen LogP) is 24.9. The van der Waals surface area contributed by atoms with Crippen molar-refractivity contribution in [2.45, 2.75) is 199 Å². The minimum Gasteiger partial charge on any atom is -0.256 e. The van der Waals surface area contributed by atoms with Gasteiger partial charge in [0.25, 0.3) is 0 Å². The number of aromatic nitrogens is 6. The van der Waals surface area contributed by atoms with Gasteiger partial charge in [-0.3, -0.25) is 19.9 Å². The number of nitrogens with zero attached hydrogens (tertiary/aromatic N) is 6. The molecule has 0 saturated heterocycles. The molecule has 0 aliphatic rings. The Labute approximate surface area is 585 Å². The maximum Gasteiger partial charge on any atom is 0.116 e. The van der Waals surface area contributed by atoms with E-state index in [2.05, 4.69) is 271 Å². The topological polar surface area (TPSA) is 77.3 Å². The van der Waals surface area contributed by atoms with Crippen LogP contribution in [0.25, 0.3) is 86.8 Å². The summed E-state index contributed by atoms with van der Waals surface area (Å²) in [6.45, 7) is 26.8. The number of hydrogen-bond acceptors (Lipinski definition) is 6. The van der Waals surface area contributed by atoms with Crippen LogP contribution in [0.5, 0.6) is 0 Å². The zero-order valence-corrected chi connectivity index (χ0v) is 61.0. The molecule has 6 nitrogen and oxygen atoms in total. The highest BCUT2D eigenvalue weighted by molar-refractivity contribution is 6.12. The summed E-state index contributed by atoms with van der Waals surface area (Å²) in [5.41, 5.74) is 23.1. The highest BCUT2D eigenvalue weighted by Crippen LogP contribution is 2.36. The lowest BCUT2D eigenvalue weighted by molar-refractivity contribution is 0.796. The molecule has 0 N–H and O–H groups in total. The van der Waals surface area contributed by atoms with Gasteiger partial charge in [0.2, 0.25) is 0 Å². The lowest BCUT2D eigenvalue weighted by Gasteiger charge is -2.16. The molecule has 0 aliphatic carbocycles. The molecule has 0 unspecified atom stereocenters. The molecule has 0 radical (unpaired) electrons. The minimum atomic E-state index is 1.01. The molecule has 4 aromatic heterocycles. The third-order valence-electron chi connectivity index (χ3n) is 19.4. The molecule has 6 heteroatoms. The molecule has 10 aromatic carbocycles. The van der Waals surface area contributed by atoms with Crippen molar-refractivity contribution in [2.24, 2.45) is 0 Å². The van der Waals surface area contributed by atoms with E-state index in [0.717, 1.165) is 86.3 Å². The van der Waals surface area contributed by atoms with Gasteiger partial charge in [0, 0.05) is 47.1 Å². The SMILES string of the molecule is CCCCc1c(C)c2ccccc2c2ccccc12.CCCc1c(CC)c2ccccc2c2ccccc12.CCCc1c(CC)ccc2cccnc12.CCCc1c(CC)ccc2ncccc12.CCCc1c(CC)ccc2nccnc12.CCCc1c(CC)ccc2ncncc12. The van der Waals surface area contributed by atoms with E-state index in [0.29, 0.717) is 0 Å². The van der Waals surface area contributed by atoms with Crippen LogP contribution in [-0.4, -0.2) is 29.9 Å². The van der Waals surface area contributed by atoms with E-state index in [1.807, 2.05) is 30.7 Å². The Morgan fingerprint density at radius 1 is 0.255 bits per heavy atom. The van der Waals surface area contributed by atoms with Gasteiger partial charge < -0.3 is 0 Å². The average Bonchev–Trinajstić information content (AvgIpc) is 0.762. The van der Waals surface area contributed by atoms with Gasteiger partial charge in [0.1, 0.15) is 6.33 Å². The average molecular weight is 1300 g/mol. The van der Waals surface area contributed by atoms with Crippen molar-refractivity contribution in [1.82, 2.24) is 29.9 Å². The summed E-state index contributed by atoms with van der Waals surface area (Å²) in [4.78, 5) is 26.1. The van der Waals surface area contributed by atoms with E-state index in [1.54, 1.807) is 24.3 Å². The zero-order chi connectivity index (χ0) is 69.2. The standard InChI is InChI=1S/2C19H20.2C14H17N.2C13H16N2/c1-3-4-9-15-14(2)16-10-5-6-11-18(16)19-13-8-7-12-17(15)19;1-3-9-15-14(4-2)16-10-5-6-12-18(16)19-13-8-7-11-17(15)19;1-3-6-13-11(4-2)8-9-12-7-5-10-15-14(12)13;1-3-6-12-11(4-2)8-9-14-13(12)7-5-10-15-14;1-3-5-11-10(4-2)6-7-13-12(11)8-14-9-15-13;1-3-5-11-10(4-2)6-7-12-13(11)15-9-8-14-12/h2*5-8,10-13H,3-4,9H2,1-2H3;2*5,7-10H,3-4,6H2,1-2H3;2*6-9H,3-5H2,1-2H3. The van der Waals surface area contributed by atoms with Gasteiger partial charge in [-0.05, 0) is 224 Å². The maximum atomic E-state index is 4.51. The highest BCUT2D eigenvalue weighted by atomic mass is 14.8. The molecule has 14 rings (SSSR count). The summed E-state index contributed by atoms with van der Waals surface area (Å²) < 4.78 is 0. The van der Waals surface area contributed by atoms with Crippen LogP contribution in [0.15, 0.2) is 207 Å². The van der Waals surface area contributed by atoms with Crippen LogP contribution in [0.3, 0.4) is 0 Å². The van der Waals surface area contributed by atoms with Crippen LogP contribution in [0.2, 0.25) is 0 Å². The highest BCUT2D eigenvalue weighted by Gasteiger charge is 2.15. The summed E-state index contributed by atoms with van der Waals surface area (Å²) in [7, 11) is 0. The first-order valence-electron chi connectivity index (χ1n) is 37.1. The van der Waals surface area contributed by atoms with Crippen molar-refractivity contribution in [3.63, 3.8) is 0 Å². The Hall–Kier alpha value is -9.26. The first-order chi connectivity index (χ1) is 48.1. The van der Waals surface area contributed by atoms with E-state index in [9.17, 15) is 0 Å². The lowest BCUT2D eigenvalue weighted by Crippen LogP contribution is -1.96. The van der Waals surface area contributed by atoms with Crippen molar-refractivity contribution in [3.8, 4) is 0 Å². The molecule has 0 saturated carbocycles. The van der Waals surface area contributed by atoms with Gasteiger partial charge >= 0.3 is 0 Å². The molecule has 0 fully saturated rings. The Morgan fingerprint density at radius 2 is 0.653 bits per heavy atom. The van der Waals surface area contributed by atoms with Gasteiger partial charge in [0.15, 0.2) is 0 Å². The van der Waals surface area contributed by atoms with Gasteiger partial charge in [-0.1, -0.05) is 254 Å². The maximum absolute atomic E-state index is 4.51. The third kappa shape index (κ3) is 17.3. The summed E-state index contributed by atoms with van der Waals surface area (Å²) in [5, 5.41) is 15.1. The Morgan fingerprint density at radius 3 is 1.20 bits per heavy atom. The second-order valence-corrected chi connectivity index (χ2v) is 25.7. The Balaban J connectivity index is 0.000000138. The quantitative estimate of drug-likeness (QED) is 0.0797. The summed E-state index contributed by atoms with van der Waals surface area (Å²) in [6, 6.07) is 61.0. The monoisotopic (exact) mass is 1290 g/mol. The number of aryl methyl sites for hydroxylation is 12. The fraction of sp³-hybridized carbons (Fsp3) is 0.326. The van der Waals surface area contributed by atoms with Crippen LogP contribution >= 0.6 is 0 Å². The van der Waals surface area contributed by atoms with Crippen LogP contribution in [-0.2, 0) is 70.6 Å². The van der Waals surface area contributed by atoms with E-state index in [1.165, 1.54) is 177 Å². The number of fused-ring (bicyclic) bond motifs is 10. The fourth-order valence-corrected chi connectivity index (χ4v) is 14.6. The molecule has 98 heavy (non-hydrogen) atoms. The second-order valence-electron chi connectivity index (χ2n) is 25.7. The fourth-order valence-electron chi connectivity index (χ4n) is 14.6. The molecule has 0 spiro atoms. The Bertz CT molecular complexity index is 4510. The molecule has 0 aliphatic heterocycles. The third-order valence-corrected chi connectivity index (χ3v) is 19.4. The van der Waals surface area contributed by atoms with Gasteiger partial charge in [-0.15, -0.1) is 0 Å². The van der Waals surface area contributed by atoms with Crippen LogP contribution < -0.4 is 0 Å². The van der Waals surface area contributed by atoms with Crippen molar-refractivity contribution < 1.29 is 0 Å². The normalized spacial score (nSPS) is 11.0. The number of pyridine rings is 2. The molecular weight excluding hydrogens is 1190 g/mol. The molecular formula is C92H106N6. The first kappa shape index (κ1) is 73.0. The smallest absolute Gasteiger partial charge is 0.116 e. The van der Waals surface area contributed by atoms with E-state index < -0.39 is 0 Å². The van der Waals surface area contributed by atoms with Crippen molar-refractivity contribution in [2.75, 3.05) is 0 Å².